The molecule has 1 aromatic heterocycles. The summed E-state index contributed by atoms with van der Waals surface area (Å²) in [5.74, 6) is 0. The van der Waals surface area contributed by atoms with Crippen molar-refractivity contribution >= 4 is 11.8 Å². The van der Waals surface area contributed by atoms with Gasteiger partial charge < -0.3 is 5.11 Å². The molecule has 0 aliphatic heterocycles. The van der Waals surface area contributed by atoms with E-state index in [9.17, 15) is 5.11 Å². The number of aliphatic hydroxyl groups is 1. The minimum Gasteiger partial charge on any atom is -0.388 e. The molecule has 0 bridgehead atoms. The van der Waals surface area contributed by atoms with Crippen LogP contribution in [0.1, 0.15) is 36.4 Å². The molecule has 0 radical (unpaired) electrons. The largest absolute Gasteiger partial charge is 0.388 e. The molecule has 0 aliphatic rings. The number of aryl methyl sites for hydroxylation is 2. The van der Waals surface area contributed by atoms with Gasteiger partial charge in [-0.05, 0) is 55.8 Å². The van der Waals surface area contributed by atoms with Crippen molar-refractivity contribution in [2.24, 2.45) is 0 Å². The molecule has 0 aliphatic carbocycles. The van der Waals surface area contributed by atoms with Gasteiger partial charge in [-0.15, -0.1) is 0 Å². The van der Waals surface area contributed by atoms with Crippen molar-refractivity contribution in [1.29, 1.82) is 0 Å². The van der Waals surface area contributed by atoms with Crippen LogP contribution in [0, 0.1) is 13.8 Å². The van der Waals surface area contributed by atoms with E-state index in [4.69, 9.17) is 0 Å². The average molecular weight is 274 g/mol. The normalized spacial score (nSPS) is 12.4. The Hall–Kier alpha value is -1.39. The highest BCUT2D eigenvalue weighted by molar-refractivity contribution is 7.99. The molecule has 3 nitrogen and oxygen atoms in total. The molecule has 0 saturated heterocycles. The zero-order valence-electron chi connectivity index (χ0n) is 11.4. The van der Waals surface area contributed by atoms with Gasteiger partial charge in [-0.25, -0.2) is 9.97 Å². The Morgan fingerprint density at radius 2 is 1.68 bits per heavy atom. The first-order valence-corrected chi connectivity index (χ1v) is 7.18. The minimum absolute atomic E-state index is 0.378. The van der Waals surface area contributed by atoms with Gasteiger partial charge in [0.2, 0.25) is 0 Å². The molecule has 2 rings (SSSR count). The van der Waals surface area contributed by atoms with Gasteiger partial charge in [0.25, 0.3) is 0 Å². The van der Waals surface area contributed by atoms with Crippen LogP contribution in [0.3, 0.4) is 0 Å². The number of hydrogen-bond acceptors (Lipinski definition) is 4. The van der Waals surface area contributed by atoms with E-state index in [0.717, 1.165) is 33.4 Å². The maximum absolute atomic E-state index is 9.75. The molecule has 19 heavy (non-hydrogen) atoms. The molecule has 0 amide bonds. The smallest absolute Gasteiger partial charge is 0.192 e. The number of nitrogens with zero attached hydrogens (tertiary/aromatic N) is 2. The summed E-state index contributed by atoms with van der Waals surface area (Å²) in [6.45, 7) is 5.91. The lowest BCUT2D eigenvalue weighted by Crippen LogP contribution is -1.95. The van der Waals surface area contributed by atoms with Crippen molar-refractivity contribution in [1.82, 2.24) is 9.97 Å². The van der Waals surface area contributed by atoms with Gasteiger partial charge in [-0.1, -0.05) is 19.1 Å². The molecular formula is C15H18N2OS. The standard InChI is InChI=1S/C15H18N2OS/c1-4-14(18)12-5-7-13(8-6-12)19-15-16-10(2)9-11(3)17-15/h5-9,14,18H,4H2,1-3H3/t14-/m0/s1. The maximum Gasteiger partial charge on any atom is 0.192 e. The lowest BCUT2D eigenvalue weighted by molar-refractivity contribution is 0.173. The van der Waals surface area contributed by atoms with E-state index >= 15 is 0 Å². The number of hydrogen-bond donors (Lipinski definition) is 1. The Balaban J connectivity index is 2.15. The Morgan fingerprint density at radius 1 is 1.11 bits per heavy atom. The summed E-state index contributed by atoms with van der Waals surface area (Å²) in [6, 6.07) is 9.88. The fourth-order valence-electron chi connectivity index (χ4n) is 1.84. The van der Waals surface area contributed by atoms with Crippen LogP contribution in [-0.2, 0) is 0 Å². The molecule has 4 heteroatoms. The van der Waals surface area contributed by atoms with Crippen LogP contribution in [0.4, 0.5) is 0 Å². The van der Waals surface area contributed by atoms with E-state index in [1.807, 2.05) is 51.1 Å². The van der Waals surface area contributed by atoms with Crippen molar-refractivity contribution in [2.45, 2.75) is 43.3 Å². The summed E-state index contributed by atoms with van der Waals surface area (Å²) in [7, 11) is 0. The van der Waals surface area contributed by atoms with Gasteiger partial charge in [0.1, 0.15) is 0 Å². The zero-order valence-corrected chi connectivity index (χ0v) is 12.2. The summed E-state index contributed by atoms with van der Waals surface area (Å²) in [4.78, 5) is 9.89. The lowest BCUT2D eigenvalue weighted by atomic mass is 10.1. The highest BCUT2D eigenvalue weighted by Gasteiger charge is 2.06. The zero-order chi connectivity index (χ0) is 13.8. The summed E-state index contributed by atoms with van der Waals surface area (Å²) in [6.07, 6.45) is 0.351. The average Bonchev–Trinajstić information content (AvgIpc) is 2.37. The van der Waals surface area contributed by atoms with Crippen molar-refractivity contribution in [3.8, 4) is 0 Å². The van der Waals surface area contributed by atoms with Gasteiger partial charge in [0.05, 0.1) is 6.10 Å². The summed E-state index contributed by atoms with van der Waals surface area (Å²) < 4.78 is 0. The molecule has 0 unspecified atom stereocenters. The van der Waals surface area contributed by atoms with Crippen LogP contribution in [0.2, 0.25) is 0 Å². The van der Waals surface area contributed by atoms with Crippen LogP contribution in [-0.4, -0.2) is 15.1 Å². The van der Waals surface area contributed by atoms with Crippen LogP contribution >= 0.6 is 11.8 Å². The van der Waals surface area contributed by atoms with Gasteiger partial charge in [0, 0.05) is 16.3 Å². The third-order valence-electron chi connectivity index (χ3n) is 2.82. The monoisotopic (exact) mass is 274 g/mol. The van der Waals surface area contributed by atoms with E-state index < -0.39 is 0 Å². The SMILES string of the molecule is CC[C@H](O)c1ccc(Sc2nc(C)cc(C)n2)cc1. The molecular weight excluding hydrogens is 256 g/mol. The second kappa shape index (κ2) is 6.17. The van der Waals surface area contributed by atoms with Gasteiger partial charge in [-0.2, -0.15) is 0 Å². The first kappa shape index (κ1) is 14.0. The second-order valence-corrected chi connectivity index (χ2v) is 5.57. The molecule has 1 N–H and O–H groups in total. The third kappa shape index (κ3) is 3.78. The van der Waals surface area contributed by atoms with Gasteiger partial charge in [-0.3, -0.25) is 0 Å². The Bertz CT molecular complexity index is 534. The van der Waals surface area contributed by atoms with E-state index in [1.165, 1.54) is 0 Å². The first-order valence-electron chi connectivity index (χ1n) is 6.36. The van der Waals surface area contributed by atoms with Crippen LogP contribution in [0.25, 0.3) is 0 Å². The van der Waals surface area contributed by atoms with Crippen molar-refractivity contribution in [3.05, 3.63) is 47.3 Å². The van der Waals surface area contributed by atoms with Crippen LogP contribution < -0.4 is 0 Å². The molecule has 0 fully saturated rings. The summed E-state index contributed by atoms with van der Waals surface area (Å²) in [5, 5.41) is 10.5. The Morgan fingerprint density at radius 3 is 2.21 bits per heavy atom. The van der Waals surface area contributed by atoms with Crippen molar-refractivity contribution in [3.63, 3.8) is 0 Å². The minimum atomic E-state index is -0.378. The number of aromatic nitrogens is 2. The van der Waals surface area contributed by atoms with E-state index in [1.54, 1.807) is 11.8 Å². The number of aliphatic hydroxyl groups excluding tert-OH is 1. The molecule has 0 spiro atoms. The fourth-order valence-corrected chi connectivity index (χ4v) is 2.70. The molecule has 1 heterocycles. The quantitative estimate of drug-likeness (QED) is 0.864. The molecule has 1 atom stereocenters. The number of benzene rings is 1. The third-order valence-corrected chi connectivity index (χ3v) is 3.70. The van der Waals surface area contributed by atoms with Crippen LogP contribution in [0.5, 0.6) is 0 Å². The Kier molecular flexibility index (Phi) is 4.56. The maximum atomic E-state index is 9.75. The highest BCUT2D eigenvalue weighted by atomic mass is 32.2. The fraction of sp³-hybridized carbons (Fsp3) is 0.333. The Labute approximate surface area is 118 Å². The van der Waals surface area contributed by atoms with E-state index in [-0.39, 0.29) is 6.10 Å². The molecule has 1 aromatic carbocycles. The summed E-state index contributed by atoms with van der Waals surface area (Å²) in [5.41, 5.74) is 2.91. The molecule has 100 valence electrons. The topological polar surface area (TPSA) is 46.0 Å². The summed E-state index contributed by atoms with van der Waals surface area (Å²) >= 11 is 1.54. The van der Waals surface area contributed by atoms with E-state index in [2.05, 4.69) is 9.97 Å². The first-order chi connectivity index (χ1) is 9.08. The van der Waals surface area contributed by atoms with Crippen molar-refractivity contribution in [2.75, 3.05) is 0 Å². The highest BCUT2D eigenvalue weighted by Crippen LogP contribution is 2.27. The lowest BCUT2D eigenvalue weighted by Gasteiger charge is -2.08. The predicted octanol–water partition coefficient (Wildman–Crippen LogP) is 3.69. The van der Waals surface area contributed by atoms with Crippen molar-refractivity contribution < 1.29 is 5.11 Å². The molecule has 2 aromatic rings. The van der Waals surface area contributed by atoms with Crippen LogP contribution in [0.15, 0.2) is 40.4 Å². The van der Waals surface area contributed by atoms with Gasteiger partial charge >= 0.3 is 0 Å². The second-order valence-electron chi connectivity index (χ2n) is 4.53. The molecule has 0 saturated carbocycles. The van der Waals surface area contributed by atoms with Gasteiger partial charge in [0.15, 0.2) is 5.16 Å². The number of rotatable bonds is 4. The van der Waals surface area contributed by atoms with E-state index in [0.29, 0.717) is 0 Å². The predicted molar refractivity (Wildman–Crippen MR) is 77.3 cm³/mol.